The van der Waals surface area contributed by atoms with Gasteiger partial charge in [-0.15, -0.1) is 0 Å². The number of hydrogen-bond donors (Lipinski definition) is 2. The first-order valence-electron chi connectivity index (χ1n) is 8.75. The summed E-state index contributed by atoms with van der Waals surface area (Å²) in [6, 6.07) is 10.3. The Labute approximate surface area is 148 Å². The number of hydrogen-bond acceptors (Lipinski definition) is 3. The number of imidazole rings is 1. The highest BCUT2D eigenvalue weighted by Gasteiger charge is 2.19. The summed E-state index contributed by atoms with van der Waals surface area (Å²) in [4.78, 5) is 23.5. The molecule has 1 fully saturated rings. The number of nitrogens with zero attached hydrogens (tertiary/aromatic N) is 3. The van der Waals surface area contributed by atoms with Gasteiger partial charge in [0, 0.05) is 57.6 Å². The molecule has 1 aromatic heterocycles. The molecule has 1 aliphatic heterocycles. The molecular formula is C19H25N5O. The Hall–Kier alpha value is -2.60. The minimum Gasteiger partial charge on any atom is -0.348 e. The second-order valence-electron chi connectivity index (χ2n) is 6.16. The Morgan fingerprint density at radius 1 is 1.20 bits per heavy atom. The molecule has 2 heterocycles. The molecule has 0 aliphatic carbocycles. The molecule has 2 N–H and O–H groups in total. The zero-order valence-corrected chi connectivity index (χ0v) is 14.4. The van der Waals surface area contributed by atoms with Gasteiger partial charge in [-0.1, -0.05) is 42.5 Å². The Morgan fingerprint density at radius 2 is 2.00 bits per heavy atom. The number of carbonyl (C=O) groups is 1. The van der Waals surface area contributed by atoms with Crippen LogP contribution in [0.4, 0.5) is 4.79 Å². The lowest BCUT2D eigenvalue weighted by molar-refractivity contribution is 0.147. The van der Waals surface area contributed by atoms with Crippen molar-refractivity contribution in [1.82, 2.24) is 25.1 Å². The lowest BCUT2D eigenvalue weighted by atomic mass is 10.2. The molecule has 6 nitrogen and oxygen atoms in total. The molecule has 0 atom stereocenters. The number of aromatic nitrogens is 2. The van der Waals surface area contributed by atoms with E-state index in [0.717, 1.165) is 44.8 Å². The summed E-state index contributed by atoms with van der Waals surface area (Å²) in [7, 11) is 0. The van der Waals surface area contributed by atoms with Crippen molar-refractivity contribution in [2.45, 2.75) is 6.42 Å². The topological polar surface area (TPSA) is 64.3 Å². The normalized spacial score (nSPS) is 15.6. The molecule has 0 unspecified atom stereocenters. The van der Waals surface area contributed by atoms with Gasteiger partial charge in [0.25, 0.3) is 0 Å². The van der Waals surface area contributed by atoms with Crippen molar-refractivity contribution < 1.29 is 4.79 Å². The zero-order chi connectivity index (χ0) is 17.3. The monoisotopic (exact) mass is 339 g/mol. The number of H-pyrrole nitrogens is 1. The number of nitrogens with one attached hydrogen (secondary N) is 2. The van der Waals surface area contributed by atoms with Gasteiger partial charge in [-0.25, -0.2) is 9.78 Å². The van der Waals surface area contributed by atoms with E-state index >= 15 is 0 Å². The van der Waals surface area contributed by atoms with E-state index in [0.29, 0.717) is 6.54 Å². The van der Waals surface area contributed by atoms with Crippen molar-refractivity contribution >= 4 is 12.1 Å². The third kappa shape index (κ3) is 5.46. The Balaban J connectivity index is 1.33. The van der Waals surface area contributed by atoms with Crippen molar-refractivity contribution in [3.8, 4) is 0 Å². The largest absolute Gasteiger partial charge is 0.348 e. The zero-order valence-electron chi connectivity index (χ0n) is 14.4. The first-order chi connectivity index (χ1) is 12.3. The van der Waals surface area contributed by atoms with Crippen molar-refractivity contribution in [2.24, 2.45) is 0 Å². The van der Waals surface area contributed by atoms with Crippen LogP contribution >= 0.6 is 0 Å². The lowest BCUT2D eigenvalue weighted by Gasteiger charge is -2.34. The number of piperazine rings is 1. The van der Waals surface area contributed by atoms with Crippen molar-refractivity contribution in [2.75, 3.05) is 39.3 Å². The Kier molecular flexibility index (Phi) is 6.23. The predicted molar refractivity (Wildman–Crippen MR) is 99.2 cm³/mol. The van der Waals surface area contributed by atoms with Crippen LogP contribution in [0, 0.1) is 0 Å². The van der Waals surface area contributed by atoms with Gasteiger partial charge in [-0.05, 0) is 5.56 Å². The van der Waals surface area contributed by atoms with Crippen LogP contribution in [0.1, 0.15) is 11.3 Å². The van der Waals surface area contributed by atoms with Crippen LogP contribution in [0.25, 0.3) is 6.08 Å². The number of carbonyl (C=O) groups excluding carboxylic acids is 1. The number of benzene rings is 1. The minimum absolute atomic E-state index is 0.0268. The van der Waals surface area contributed by atoms with Crippen molar-refractivity contribution in [3.05, 3.63) is 60.2 Å². The lowest BCUT2D eigenvalue weighted by Crippen LogP contribution is -2.51. The summed E-state index contributed by atoms with van der Waals surface area (Å²) in [6.45, 7) is 4.91. The minimum atomic E-state index is 0.0268. The van der Waals surface area contributed by atoms with E-state index in [1.807, 2.05) is 23.1 Å². The van der Waals surface area contributed by atoms with Crippen LogP contribution in [0.3, 0.4) is 0 Å². The fourth-order valence-electron chi connectivity index (χ4n) is 2.87. The fraction of sp³-hybridized carbons (Fsp3) is 0.368. The first kappa shape index (κ1) is 17.2. The third-order valence-electron chi connectivity index (χ3n) is 4.36. The second-order valence-corrected chi connectivity index (χ2v) is 6.16. The second kappa shape index (κ2) is 9.03. The van der Waals surface area contributed by atoms with E-state index in [9.17, 15) is 4.79 Å². The summed E-state index contributed by atoms with van der Waals surface area (Å²) in [5, 5.41) is 2.98. The number of amides is 2. The van der Waals surface area contributed by atoms with Crippen LogP contribution in [0.15, 0.2) is 48.9 Å². The molecule has 0 spiro atoms. The summed E-state index contributed by atoms with van der Waals surface area (Å²) < 4.78 is 0. The molecule has 3 rings (SSSR count). The molecule has 2 amide bonds. The molecular weight excluding hydrogens is 314 g/mol. The average Bonchev–Trinajstić information content (AvgIpc) is 3.16. The Morgan fingerprint density at radius 3 is 2.72 bits per heavy atom. The van der Waals surface area contributed by atoms with Gasteiger partial charge in [0.1, 0.15) is 0 Å². The number of aromatic amines is 1. The van der Waals surface area contributed by atoms with Gasteiger partial charge in [-0.2, -0.15) is 0 Å². The molecule has 25 heavy (non-hydrogen) atoms. The Bertz CT molecular complexity index is 660. The maximum Gasteiger partial charge on any atom is 0.317 e. The van der Waals surface area contributed by atoms with E-state index < -0.39 is 0 Å². The van der Waals surface area contributed by atoms with Crippen LogP contribution in [-0.2, 0) is 6.42 Å². The van der Waals surface area contributed by atoms with Crippen LogP contribution in [0.5, 0.6) is 0 Å². The molecule has 1 saturated heterocycles. The molecule has 2 aromatic rings. The van der Waals surface area contributed by atoms with Crippen molar-refractivity contribution in [1.29, 1.82) is 0 Å². The standard InChI is InChI=1S/C19H25N5O/c25-19(21-9-8-18-15-20-16-22-18)24-13-11-23(12-14-24)10-4-7-17-5-2-1-3-6-17/h1-7,15-16H,8-14H2,(H,20,22)(H,21,25)/b7-4+. The summed E-state index contributed by atoms with van der Waals surface area (Å²) in [5.74, 6) is 0. The van der Waals surface area contributed by atoms with Crippen LogP contribution < -0.4 is 5.32 Å². The fourth-order valence-corrected chi connectivity index (χ4v) is 2.87. The summed E-state index contributed by atoms with van der Waals surface area (Å²) >= 11 is 0. The molecule has 0 bridgehead atoms. The molecule has 0 radical (unpaired) electrons. The van der Waals surface area contributed by atoms with E-state index in [-0.39, 0.29) is 6.03 Å². The number of urea groups is 1. The van der Waals surface area contributed by atoms with Crippen LogP contribution in [-0.4, -0.2) is 65.1 Å². The molecule has 1 aromatic carbocycles. The third-order valence-corrected chi connectivity index (χ3v) is 4.36. The van der Waals surface area contributed by atoms with Gasteiger partial charge in [0.15, 0.2) is 0 Å². The van der Waals surface area contributed by atoms with Crippen LogP contribution in [0.2, 0.25) is 0 Å². The van der Waals surface area contributed by atoms with Gasteiger partial charge in [-0.3, -0.25) is 4.90 Å². The average molecular weight is 339 g/mol. The van der Waals surface area contributed by atoms with E-state index in [1.54, 1.807) is 12.5 Å². The quantitative estimate of drug-likeness (QED) is 0.846. The molecule has 132 valence electrons. The maximum absolute atomic E-state index is 12.2. The molecule has 6 heteroatoms. The van der Waals surface area contributed by atoms with Gasteiger partial charge in [0.05, 0.1) is 6.33 Å². The van der Waals surface area contributed by atoms with E-state index in [1.165, 1.54) is 5.56 Å². The summed E-state index contributed by atoms with van der Waals surface area (Å²) in [6.07, 6.45) is 8.55. The highest BCUT2D eigenvalue weighted by Crippen LogP contribution is 2.05. The number of rotatable bonds is 6. The highest BCUT2D eigenvalue weighted by molar-refractivity contribution is 5.74. The molecule has 0 saturated carbocycles. The van der Waals surface area contributed by atoms with E-state index in [2.05, 4.69) is 44.5 Å². The maximum atomic E-state index is 12.2. The van der Waals surface area contributed by atoms with E-state index in [4.69, 9.17) is 0 Å². The smallest absolute Gasteiger partial charge is 0.317 e. The highest BCUT2D eigenvalue weighted by atomic mass is 16.2. The molecule has 1 aliphatic rings. The SMILES string of the molecule is O=C(NCCc1cnc[nH]1)N1CCN(C/C=C/c2ccccc2)CC1. The van der Waals surface area contributed by atoms with Gasteiger partial charge >= 0.3 is 6.03 Å². The van der Waals surface area contributed by atoms with Gasteiger partial charge in [0.2, 0.25) is 0 Å². The summed E-state index contributed by atoms with van der Waals surface area (Å²) in [5.41, 5.74) is 2.26. The van der Waals surface area contributed by atoms with Crippen molar-refractivity contribution in [3.63, 3.8) is 0 Å². The first-order valence-corrected chi connectivity index (χ1v) is 8.75. The predicted octanol–water partition coefficient (Wildman–Crippen LogP) is 1.99. The van der Waals surface area contributed by atoms with Gasteiger partial charge < -0.3 is 15.2 Å².